The molecule has 28 heavy (non-hydrogen) atoms. The molecule has 144 valence electrons. The van der Waals surface area contributed by atoms with Crippen molar-refractivity contribution >= 4 is 11.8 Å². The molecule has 0 aliphatic heterocycles. The average Bonchev–Trinajstić information content (AvgIpc) is 3.18. The van der Waals surface area contributed by atoms with E-state index in [1.807, 2.05) is 38.1 Å². The number of aryl methyl sites for hydroxylation is 1. The van der Waals surface area contributed by atoms with Crippen molar-refractivity contribution in [2.45, 2.75) is 26.8 Å². The number of hydrogen-bond acceptors (Lipinski definition) is 5. The zero-order chi connectivity index (χ0) is 20.1. The molecule has 0 saturated carbocycles. The van der Waals surface area contributed by atoms with Gasteiger partial charge in [0.25, 0.3) is 5.91 Å². The van der Waals surface area contributed by atoms with Gasteiger partial charge >= 0.3 is 0 Å². The first-order valence-corrected chi connectivity index (χ1v) is 9.07. The molecular formula is C21H22N4O3. The third-order valence-corrected chi connectivity index (χ3v) is 4.18. The zero-order valence-electron chi connectivity index (χ0n) is 16.0. The van der Waals surface area contributed by atoms with Gasteiger partial charge in [-0.1, -0.05) is 17.7 Å². The van der Waals surface area contributed by atoms with E-state index in [0.717, 1.165) is 11.1 Å². The second-order valence-corrected chi connectivity index (χ2v) is 6.45. The molecular weight excluding hydrogens is 356 g/mol. The van der Waals surface area contributed by atoms with Crippen LogP contribution in [0, 0.1) is 6.92 Å². The van der Waals surface area contributed by atoms with E-state index in [2.05, 4.69) is 20.8 Å². The van der Waals surface area contributed by atoms with Crippen molar-refractivity contribution in [3.8, 4) is 22.9 Å². The maximum absolute atomic E-state index is 12.3. The fourth-order valence-corrected chi connectivity index (χ4v) is 2.67. The lowest BCUT2D eigenvalue weighted by molar-refractivity contribution is -0.122. The van der Waals surface area contributed by atoms with Gasteiger partial charge in [-0.05, 0) is 57.2 Å². The molecule has 0 unspecified atom stereocenters. The molecule has 1 atom stereocenters. The number of carbonyl (C=O) groups excluding carboxylic acids is 2. The van der Waals surface area contributed by atoms with E-state index in [1.165, 1.54) is 0 Å². The van der Waals surface area contributed by atoms with Crippen LogP contribution in [0.25, 0.3) is 22.9 Å². The predicted octanol–water partition coefficient (Wildman–Crippen LogP) is 2.97. The van der Waals surface area contributed by atoms with Gasteiger partial charge in [0.05, 0.1) is 0 Å². The standard InChI is InChI=1S/C21H22N4O3/c1-4-22-18(26)14(3)23-19(27)15-8-10-16(11-9-15)20-24-25-21(28-20)17-7-5-6-13(2)12-17/h5-12,14H,4H2,1-3H3,(H,22,26)(H,23,27)/t14-/m1/s1. The number of carbonyl (C=O) groups is 2. The summed E-state index contributed by atoms with van der Waals surface area (Å²) >= 11 is 0. The van der Waals surface area contributed by atoms with Crippen molar-refractivity contribution in [3.63, 3.8) is 0 Å². The van der Waals surface area contributed by atoms with Gasteiger partial charge in [0.1, 0.15) is 6.04 Å². The number of nitrogens with one attached hydrogen (secondary N) is 2. The number of rotatable bonds is 6. The van der Waals surface area contributed by atoms with Crippen LogP contribution >= 0.6 is 0 Å². The molecule has 0 aliphatic rings. The van der Waals surface area contributed by atoms with Crippen LogP contribution in [0.2, 0.25) is 0 Å². The Morgan fingerprint density at radius 2 is 1.71 bits per heavy atom. The van der Waals surface area contributed by atoms with Crippen LogP contribution in [0.5, 0.6) is 0 Å². The third-order valence-electron chi connectivity index (χ3n) is 4.18. The van der Waals surface area contributed by atoms with Crippen molar-refractivity contribution in [3.05, 3.63) is 59.7 Å². The Morgan fingerprint density at radius 1 is 1.04 bits per heavy atom. The molecule has 7 heteroatoms. The molecule has 1 aromatic heterocycles. The zero-order valence-corrected chi connectivity index (χ0v) is 16.0. The Balaban J connectivity index is 1.71. The molecule has 0 bridgehead atoms. The number of benzene rings is 2. The molecule has 0 spiro atoms. The molecule has 3 aromatic rings. The van der Waals surface area contributed by atoms with Crippen molar-refractivity contribution in [2.24, 2.45) is 0 Å². The Morgan fingerprint density at radius 3 is 2.36 bits per heavy atom. The van der Waals surface area contributed by atoms with E-state index in [-0.39, 0.29) is 11.8 Å². The predicted molar refractivity (Wildman–Crippen MR) is 106 cm³/mol. The Bertz CT molecular complexity index is 979. The first-order valence-electron chi connectivity index (χ1n) is 9.07. The molecule has 0 radical (unpaired) electrons. The highest BCUT2D eigenvalue weighted by Gasteiger charge is 2.16. The van der Waals surface area contributed by atoms with Crippen LogP contribution in [0.1, 0.15) is 29.8 Å². The van der Waals surface area contributed by atoms with Crippen molar-refractivity contribution < 1.29 is 14.0 Å². The maximum atomic E-state index is 12.3. The van der Waals surface area contributed by atoms with E-state index >= 15 is 0 Å². The summed E-state index contributed by atoms with van der Waals surface area (Å²) in [7, 11) is 0. The van der Waals surface area contributed by atoms with Crippen LogP contribution in [0.4, 0.5) is 0 Å². The normalized spacial score (nSPS) is 11.7. The van der Waals surface area contributed by atoms with E-state index in [9.17, 15) is 9.59 Å². The minimum atomic E-state index is -0.611. The smallest absolute Gasteiger partial charge is 0.251 e. The first kappa shape index (κ1) is 19.3. The highest BCUT2D eigenvalue weighted by Crippen LogP contribution is 2.24. The van der Waals surface area contributed by atoms with E-state index in [0.29, 0.717) is 29.5 Å². The topological polar surface area (TPSA) is 97.1 Å². The summed E-state index contributed by atoms with van der Waals surface area (Å²) in [6.07, 6.45) is 0. The number of likely N-dealkylation sites (N-methyl/N-ethyl adjacent to an activating group) is 1. The van der Waals surface area contributed by atoms with Crippen LogP contribution < -0.4 is 10.6 Å². The Labute approximate surface area is 163 Å². The number of amides is 2. The Kier molecular flexibility index (Phi) is 5.84. The molecule has 3 rings (SSSR count). The first-order chi connectivity index (χ1) is 13.5. The highest BCUT2D eigenvalue weighted by molar-refractivity contribution is 5.97. The summed E-state index contributed by atoms with van der Waals surface area (Å²) in [6.45, 7) is 5.98. The van der Waals surface area contributed by atoms with Gasteiger partial charge in [0.15, 0.2) is 0 Å². The Hall–Kier alpha value is -3.48. The second-order valence-electron chi connectivity index (χ2n) is 6.45. The lowest BCUT2D eigenvalue weighted by Crippen LogP contribution is -2.44. The van der Waals surface area contributed by atoms with Gasteiger partial charge in [-0.3, -0.25) is 9.59 Å². The molecule has 0 aliphatic carbocycles. The summed E-state index contributed by atoms with van der Waals surface area (Å²) < 4.78 is 5.76. The largest absolute Gasteiger partial charge is 0.416 e. The minimum Gasteiger partial charge on any atom is -0.416 e. The van der Waals surface area contributed by atoms with E-state index in [4.69, 9.17) is 4.42 Å². The molecule has 2 aromatic carbocycles. The summed E-state index contributed by atoms with van der Waals surface area (Å²) in [5.41, 5.74) is 3.11. The molecule has 0 saturated heterocycles. The lowest BCUT2D eigenvalue weighted by atomic mass is 10.1. The highest BCUT2D eigenvalue weighted by atomic mass is 16.4. The van der Waals surface area contributed by atoms with Gasteiger partial charge < -0.3 is 15.1 Å². The minimum absolute atomic E-state index is 0.220. The van der Waals surface area contributed by atoms with Gasteiger partial charge in [0.2, 0.25) is 17.7 Å². The van der Waals surface area contributed by atoms with Crippen molar-refractivity contribution in [1.29, 1.82) is 0 Å². The maximum Gasteiger partial charge on any atom is 0.251 e. The number of hydrogen-bond donors (Lipinski definition) is 2. The monoisotopic (exact) mass is 378 g/mol. The quantitative estimate of drug-likeness (QED) is 0.687. The van der Waals surface area contributed by atoms with Crippen LogP contribution in [-0.2, 0) is 4.79 Å². The van der Waals surface area contributed by atoms with Gasteiger partial charge in [-0.2, -0.15) is 0 Å². The molecule has 2 N–H and O–H groups in total. The molecule has 0 fully saturated rings. The van der Waals surface area contributed by atoms with E-state index in [1.54, 1.807) is 31.2 Å². The third kappa shape index (κ3) is 4.43. The van der Waals surface area contributed by atoms with Crippen molar-refractivity contribution in [1.82, 2.24) is 20.8 Å². The average molecular weight is 378 g/mol. The van der Waals surface area contributed by atoms with Crippen LogP contribution in [0.15, 0.2) is 52.9 Å². The fraction of sp³-hybridized carbons (Fsp3) is 0.238. The summed E-state index contributed by atoms with van der Waals surface area (Å²) in [5, 5.41) is 13.5. The fourth-order valence-electron chi connectivity index (χ4n) is 2.67. The van der Waals surface area contributed by atoms with Gasteiger partial charge in [0, 0.05) is 23.2 Å². The summed E-state index contributed by atoms with van der Waals surface area (Å²) in [6, 6.07) is 14.0. The summed E-state index contributed by atoms with van der Waals surface area (Å²) in [4.78, 5) is 24.0. The molecule has 1 heterocycles. The summed E-state index contributed by atoms with van der Waals surface area (Å²) in [5.74, 6) is 0.272. The van der Waals surface area contributed by atoms with Crippen LogP contribution in [-0.4, -0.2) is 34.6 Å². The lowest BCUT2D eigenvalue weighted by Gasteiger charge is -2.13. The van der Waals surface area contributed by atoms with E-state index < -0.39 is 6.04 Å². The molecule has 2 amide bonds. The van der Waals surface area contributed by atoms with Crippen molar-refractivity contribution in [2.75, 3.05) is 6.54 Å². The SMILES string of the molecule is CCNC(=O)[C@@H](C)NC(=O)c1ccc(-c2nnc(-c3cccc(C)c3)o2)cc1. The van der Waals surface area contributed by atoms with Gasteiger partial charge in [-0.15, -0.1) is 10.2 Å². The second kappa shape index (κ2) is 8.47. The molecule has 7 nitrogen and oxygen atoms in total. The van der Waals surface area contributed by atoms with Gasteiger partial charge in [-0.25, -0.2) is 0 Å². The number of nitrogens with zero attached hydrogens (tertiary/aromatic N) is 2. The number of aromatic nitrogens is 2. The van der Waals surface area contributed by atoms with Crippen LogP contribution in [0.3, 0.4) is 0 Å².